The van der Waals surface area contributed by atoms with Gasteiger partial charge in [0.15, 0.2) is 0 Å². The highest BCUT2D eigenvalue weighted by molar-refractivity contribution is 9.10. The fourth-order valence-corrected chi connectivity index (χ4v) is 2.36. The zero-order valence-corrected chi connectivity index (χ0v) is 12.4. The Kier molecular flexibility index (Phi) is 5.32. The lowest BCUT2D eigenvalue weighted by molar-refractivity contribution is -0.140. The van der Waals surface area contributed by atoms with Gasteiger partial charge < -0.3 is 9.84 Å². The Morgan fingerprint density at radius 1 is 1.15 bits per heavy atom. The zero-order chi connectivity index (χ0) is 14.4. The predicted molar refractivity (Wildman–Crippen MR) is 80.6 cm³/mol. The van der Waals surface area contributed by atoms with Crippen molar-refractivity contribution >= 4 is 21.9 Å². The Bertz CT molecular complexity index is 569. The lowest BCUT2D eigenvalue weighted by Gasteiger charge is -2.13. The number of aliphatic carboxylic acids is 1. The first-order valence-corrected chi connectivity index (χ1v) is 7.06. The molecule has 2 aromatic carbocycles. The van der Waals surface area contributed by atoms with E-state index in [0.717, 1.165) is 15.6 Å². The van der Waals surface area contributed by atoms with Crippen molar-refractivity contribution in [2.24, 2.45) is 0 Å². The van der Waals surface area contributed by atoms with Crippen molar-refractivity contribution in [3.63, 3.8) is 0 Å². The van der Waals surface area contributed by atoms with Gasteiger partial charge in [0.25, 0.3) is 0 Å². The highest BCUT2D eigenvalue weighted by atomic mass is 79.9. The van der Waals surface area contributed by atoms with Gasteiger partial charge >= 0.3 is 5.97 Å². The molecule has 0 bridgehead atoms. The van der Waals surface area contributed by atoms with E-state index in [4.69, 9.17) is 4.74 Å². The molecule has 2 aromatic rings. The van der Waals surface area contributed by atoms with E-state index in [2.05, 4.69) is 15.9 Å². The molecule has 0 aliphatic carbocycles. The monoisotopic (exact) mass is 334 g/mol. The number of carboxylic acids is 1. The van der Waals surface area contributed by atoms with Gasteiger partial charge in [-0.3, -0.25) is 4.79 Å². The first-order chi connectivity index (χ1) is 9.66. The van der Waals surface area contributed by atoms with E-state index in [1.807, 2.05) is 42.5 Å². The van der Waals surface area contributed by atoms with Gasteiger partial charge in [0, 0.05) is 4.47 Å². The van der Waals surface area contributed by atoms with Gasteiger partial charge in [-0.1, -0.05) is 58.4 Å². The molecule has 3 nitrogen and oxygen atoms in total. The van der Waals surface area contributed by atoms with Crippen LogP contribution in [0.5, 0.6) is 0 Å². The molecule has 20 heavy (non-hydrogen) atoms. The van der Waals surface area contributed by atoms with Crippen LogP contribution in [0.3, 0.4) is 0 Å². The van der Waals surface area contributed by atoms with Crippen LogP contribution >= 0.6 is 15.9 Å². The molecule has 0 heterocycles. The Balaban J connectivity index is 1.95. The highest BCUT2D eigenvalue weighted by Gasteiger charge is 2.19. The molecule has 1 unspecified atom stereocenters. The van der Waals surface area contributed by atoms with Gasteiger partial charge in [0.1, 0.15) is 5.92 Å². The Labute approximate surface area is 126 Å². The summed E-state index contributed by atoms with van der Waals surface area (Å²) in [5.41, 5.74) is 1.77. The summed E-state index contributed by atoms with van der Waals surface area (Å²) >= 11 is 3.39. The summed E-state index contributed by atoms with van der Waals surface area (Å²) < 4.78 is 6.53. The molecule has 2 rings (SSSR count). The molecule has 104 valence electrons. The van der Waals surface area contributed by atoms with Crippen molar-refractivity contribution in [3.05, 3.63) is 70.2 Å². The molecule has 1 atom stereocenters. The van der Waals surface area contributed by atoms with Gasteiger partial charge in [-0.15, -0.1) is 0 Å². The number of carboxylic acid groups (broad SMARTS) is 1. The Hall–Kier alpha value is -1.65. The number of ether oxygens (including phenoxy) is 1. The Morgan fingerprint density at radius 3 is 2.55 bits per heavy atom. The van der Waals surface area contributed by atoms with E-state index in [9.17, 15) is 9.90 Å². The molecule has 0 fully saturated rings. The van der Waals surface area contributed by atoms with E-state index in [1.165, 1.54) is 0 Å². The van der Waals surface area contributed by atoms with E-state index in [1.54, 1.807) is 12.1 Å². The third kappa shape index (κ3) is 4.18. The van der Waals surface area contributed by atoms with Crippen LogP contribution in [0.2, 0.25) is 0 Å². The van der Waals surface area contributed by atoms with Gasteiger partial charge in [0.05, 0.1) is 13.2 Å². The first-order valence-electron chi connectivity index (χ1n) is 6.27. The average molecular weight is 335 g/mol. The second-order valence-corrected chi connectivity index (χ2v) is 5.36. The van der Waals surface area contributed by atoms with Crippen LogP contribution in [0.15, 0.2) is 59.1 Å². The number of rotatable bonds is 6. The number of benzene rings is 2. The van der Waals surface area contributed by atoms with Crippen molar-refractivity contribution in [1.29, 1.82) is 0 Å². The largest absolute Gasteiger partial charge is 0.481 e. The van der Waals surface area contributed by atoms with Crippen molar-refractivity contribution < 1.29 is 14.6 Å². The van der Waals surface area contributed by atoms with E-state index >= 15 is 0 Å². The van der Waals surface area contributed by atoms with Crippen LogP contribution in [0, 0.1) is 0 Å². The maximum Gasteiger partial charge on any atom is 0.313 e. The zero-order valence-electron chi connectivity index (χ0n) is 10.8. The minimum Gasteiger partial charge on any atom is -0.481 e. The van der Waals surface area contributed by atoms with Crippen LogP contribution in [0.25, 0.3) is 0 Å². The minimum atomic E-state index is -0.870. The minimum absolute atomic E-state index is 0.159. The first kappa shape index (κ1) is 14.8. The number of halogens is 1. The molecule has 0 spiro atoms. The van der Waals surface area contributed by atoms with E-state index in [-0.39, 0.29) is 6.61 Å². The third-order valence-electron chi connectivity index (χ3n) is 2.94. The van der Waals surface area contributed by atoms with Crippen LogP contribution in [0.4, 0.5) is 0 Å². The van der Waals surface area contributed by atoms with Crippen LogP contribution in [0.1, 0.15) is 17.0 Å². The number of carbonyl (C=O) groups is 1. The highest BCUT2D eigenvalue weighted by Crippen LogP contribution is 2.18. The summed E-state index contributed by atoms with van der Waals surface area (Å²) in [4.78, 5) is 11.3. The standard InChI is InChI=1S/C16H15BrO3/c17-14-8-4-5-12(9-14)10-20-11-15(16(18)19)13-6-2-1-3-7-13/h1-9,15H,10-11H2,(H,18,19). The van der Waals surface area contributed by atoms with Crippen molar-refractivity contribution in [1.82, 2.24) is 0 Å². The van der Waals surface area contributed by atoms with Gasteiger partial charge in [-0.05, 0) is 23.3 Å². The summed E-state index contributed by atoms with van der Waals surface area (Å²) in [5.74, 6) is -1.51. The van der Waals surface area contributed by atoms with E-state index in [0.29, 0.717) is 6.61 Å². The molecular weight excluding hydrogens is 320 g/mol. The summed E-state index contributed by atoms with van der Waals surface area (Å²) in [6.07, 6.45) is 0. The normalized spacial score (nSPS) is 12.1. The lowest BCUT2D eigenvalue weighted by Crippen LogP contribution is -2.17. The quantitative estimate of drug-likeness (QED) is 0.873. The molecule has 0 saturated carbocycles. The molecule has 0 aliphatic rings. The molecule has 4 heteroatoms. The van der Waals surface area contributed by atoms with Gasteiger partial charge in [-0.2, -0.15) is 0 Å². The predicted octanol–water partition coefficient (Wildman–Crippen LogP) is 3.83. The molecular formula is C16H15BrO3. The smallest absolute Gasteiger partial charge is 0.313 e. The SMILES string of the molecule is O=C(O)C(COCc1cccc(Br)c1)c1ccccc1. The topological polar surface area (TPSA) is 46.5 Å². The number of hydrogen-bond acceptors (Lipinski definition) is 2. The molecule has 0 radical (unpaired) electrons. The van der Waals surface area contributed by atoms with Crippen molar-refractivity contribution in [2.45, 2.75) is 12.5 Å². The molecule has 0 aliphatic heterocycles. The van der Waals surface area contributed by atoms with Crippen LogP contribution in [-0.4, -0.2) is 17.7 Å². The maximum atomic E-state index is 11.3. The van der Waals surface area contributed by atoms with Gasteiger partial charge in [0.2, 0.25) is 0 Å². The molecule has 0 aromatic heterocycles. The second kappa shape index (κ2) is 7.22. The van der Waals surface area contributed by atoms with E-state index < -0.39 is 11.9 Å². The molecule has 0 saturated heterocycles. The molecule has 1 N–H and O–H groups in total. The summed E-state index contributed by atoms with van der Waals surface area (Å²) in [6, 6.07) is 16.9. The fraction of sp³-hybridized carbons (Fsp3) is 0.188. The maximum absolute atomic E-state index is 11.3. The average Bonchev–Trinajstić information content (AvgIpc) is 2.44. The Morgan fingerprint density at radius 2 is 1.90 bits per heavy atom. The van der Waals surface area contributed by atoms with Crippen LogP contribution in [-0.2, 0) is 16.1 Å². The molecule has 0 amide bonds. The third-order valence-corrected chi connectivity index (χ3v) is 3.44. The van der Waals surface area contributed by atoms with Crippen molar-refractivity contribution in [3.8, 4) is 0 Å². The van der Waals surface area contributed by atoms with Crippen molar-refractivity contribution in [2.75, 3.05) is 6.61 Å². The van der Waals surface area contributed by atoms with Crippen LogP contribution < -0.4 is 0 Å². The summed E-state index contributed by atoms with van der Waals surface area (Å²) in [7, 11) is 0. The van der Waals surface area contributed by atoms with Gasteiger partial charge in [-0.25, -0.2) is 0 Å². The second-order valence-electron chi connectivity index (χ2n) is 4.45. The summed E-state index contributed by atoms with van der Waals surface area (Å²) in [5, 5.41) is 9.28. The lowest BCUT2D eigenvalue weighted by atomic mass is 10.0. The number of hydrogen-bond donors (Lipinski definition) is 1. The fourth-order valence-electron chi connectivity index (χ4n) is 1.92. The summed E-state index contributed by atoms with van der Waals surface area (Å²) in [6.45, 7) is 0.557.